The number of carbonyl (C=O) groups is 2. The molecular weight excluding hydrogens is 428 g/mol. The molecule has 1 aromatic heterocycles. The molecule has 0 bridgehead atoms. The van der Waals surface area contributed by atoms with Gasteiger partial charge in [0.2, 0.25) is 0 Å². The number of amides is 2. The summed E-state index contributed by atoms with van der Waals surface area (Å²) in [6.45, 7) is 5.02. The van der Waals surface area contributed by atoms with Crippen molar-refractivity contribution in [3.05, 3.63) is 108 Å². The molecule has 1 heterocycles. The summed E-state index contributed by atoms with van der Waals surface area (Å²) in [4.78, 5) is 29.2. The summed E-state index contributed by atoms with van der Waals surface area (Å²) in [5, 5.41) is 5.75. The number of anilines is 2. The van der Waals surface area contributed by atoms with Crippen molar-refractivity contribution in [1.29, 1.82) is 0 Å². The summed E-state index contributed by atoms with van der Waals surface area (Å²) in [7, 11) is 0. The Labute approximate surface area is 198 Å². The zero-order chi connectivity index (χ0) is 23.9. The van der Waals surface area contributed by atoms with Crippen molar-refractivity contribution in [3.8, 4) is 5.75 Å². The van der Waals surface area contributed by atoms with E-state index in [4.69, 9.17) is 4.74 Å². The molecule has 0 unspecified atom stereocenters. The van der Waals surface area contributed by atoms with Crippen LogP contribution in [0.3, 0.4) is 0 Å². The molecule has 0 spiro atoms. The van der Waals surface area contributed by atoms with Gasteiger partial charge in [-0.3, -0.25) is 9.59 Å². The number of nitrogens with one attached hydrogen (secondary N) is 2. The highest BCUT2D eigenvalue weighted by Crippen LogP contribution is 2.17. The first kappa shape index (κ1) is 22.8. The predicted molar refractivity (Wildman–Crippen MR) is 132 cm³/mol. The van der Waals surface area contributed by atoms with E-state index >= 15 is 0 Å². The van der Waals surface area contributed by atoms with Gasteiger partial charge in [0.05, 0.1) is 12.9 Å². The van der Waals surface area contributed by atoms with Gasteiger partial charge in [-0.05, 0) is 67.9 Å². The summed E-state index contributed by atoms with van der Waals surface area (Å²) in [6, 6.07) is 22.3. The third-order valence-corrected chi connectivity index (χ3v) is 5.15. The molecule has 0 fully saturated rings. The summed E-state index contributed by atoms with van der Waals surface area (Å²) in [5.74, 6) is 0.330. The van der Waals surface area contributed by atoms with Gasteiger partial charge in [-0.15, -0.1) is 0 Å². The maximum atomic E-state index is 12.5. The fourth-order valence-corrected chi connectivity index (χ4v) is 3.45. The maximum absolute atomic E-state index is 12.5. The largest absolute Gasteiger partial charge is 0.494 e. The van der Waals surface area contributed by atoms with E-state index in [1.807, 2.05) is 73.0 Å². The van der Waals surface area contributed by atoms with Gasteiger partial charge < -0.3 is 19.9 Å². The number of hydrogen-bond donors (Lipinski definition) is 2. The van der Waals surface area contributed by atoms with Gasteiger partial charge in [-0.1, -0.05) is 29.8 Å². The Bertz CT molecular complexity index is 1280. The van der Waals surface area contributed by atoms with Gasteiger partial charge in [0.15, 0.2) is 0 Å². The lowest BCUT2D eigenvalue weighted by atomic mass is 10.1. The molecule has 34 heavy (non-hydrogen) atoms. The second-order valence-corrected chi connectivity index (χ2v) is 7.86. The summed E-state index contributed by atoms with van der Waals surface area (Å²) in [5.41, 5.74) is 4.40. The van der Waals surface area contributed by atoms with Crippen LogP contribution in [-0.4, -0.2) is 28.0 Å². The Kier molecular flexibility index (Phi) is 7.03. The average molecular weight is 455 g/mol. The van der Waals surface area contributed by atoms with E-state index in [-0.39, 0.29) is 11.8 Å². The topological polar surface area (TPSA) is 85.2 Å². The lowest BCUT2D eigenvalue weighted by molar-refractivity contribution is 0.101. The molecule has 0 atom stereocenters. The van der Waals surface area contributed by atoms with Crippen LogP contribution in [0.5, 0.6) is 5.75 Å². The average Bonchev–Trinajstić information content (AvgIpc) is 3.30. The molecule has 0 aliphatic carbocycles. The molecule has 3 aromatic carbocycles. The van der Waals surface area contributed by atoms with Crippen LogP contribution in [0.2, 0.25) is 0 Å². The monoisotopic (exact) mass is 454 g/mol. The molecule has 0 aliphatic rings. The molecular formula is C27H26N4O3. The molecule has 4 rings (SSSR count). The number of aryl methyl sites for hydroxylation is 1. The Balaban J connectivity index is 1.33. The third-order valence-electron chi connectivity index (χ3n) is 5.15. The van der Waals surface area contributed by atoms with Crippen molar-refractivity contribution in [2.24, 2.45) is 0 Å². The number of nitrogens with zero attached hydrogens (tertiary/aromatic N) is 2. The predicted octanol–water partition coefficient (Wildman–Crippen LogP) is 5.14. The molecule has 0 saturated carbocycles. The minimum absolute atomic E-state index is 0.144. The first-order valence-electron chi connectivity index (χ1n) is 11.0. The normalized spacial score (nSPS) is 10.5. The molecule has 2 N–H and O–H groups in total. The van der Waals surface area contributed by atoms with Crippen LogP contribution in [0.15, 0.2) is 85.3 Å². The number of rotatable bonds is 8. The maximum Gasteiger partial charge on any atom is 0.275 e. The van der Waals surface area contributed by atoms with Crippen molar-refractivity contribution in [1.82, 2.24) is 9.55 Å². The van der Waals surface area contributed by atoms with Gasteiger partial charge >= 0.3 is 0 Å². The number of ether oxygens (including phenoxy) is 1. The van der Waals surface area contributed by atoms with Crippen LogP contribution in [-0.2, 0) is 6.54 Å². The van der Waals surface area contributed by atoms with Crippen LogP contribution >= 0.6 is 0 Å². The number of hydrogen-bond acceptors (Lipinski definition) is 4. The van der Waals surface area contributed by atoms with Gasteiger partial charge in [0, 0.05) is 29.7 Å². The van der Waals surface area contributed by atoms with Crippen LogP contribution in [0, 0.1) is 6.92 Å². The molecule has 0 saturated heterocycles. The van der Waals surface area contributed by atoms with Crippen molar-refractivity contribution in [3.63, 3.8) is 0 Å². The van der Waals surface area contributed by atoms with E-state index in [1.54, 1.807) is 30.7 Å². The number of carbonyl (C=O) groups excluding carboxylic acids is 2. The van der Waals surface area contributed by atoms with Gasteiger partial charge in [-0.2, -0.15) is 0 Å². The number of aromatic nitrogens is 2. The van der Waals surface area contributed by atoms with Gasteiger partial charge in [0.1, 0.15) is 11.4 Å². The standard InChI is InChI=1S/C27H26N4O3/c1-3-34-24-13-11-23(12-14-24)30-27(33)25-17-31(18-28-25)16-20-7-9-22(10-8-20)29-26(32)21-6-4-5-19(2)15-21/h4-15,17-18H,3,16H2,1-2H3,(H,29,32)(H,30,33). The molecule has 2 amide bonds. The van der Waals surface area contributed by atoms with Crippen LogP contribution in [0.25, 0.3) is 0 Å². The summed E-state index contributed by atoms with van der Waals surface area (Å²) in [6.07, 6.45) is 3.33. The Morgan fingerprint density at radius 2 is 1.59 bits per heavy atom. The molecule has 172 valence electrons. The zero-order valence-electron chi connectivity index (χ0n) is 19.1. The van der Waals surface area contributed by atoms with Gasteiger partial charge in [0.25, 0.3) is 11.8 Å². The smallest absolute Gasteiger partial charge is 0.275 e. The molecule has 0 aliphatic heterocycles. The Morgan fingerprint density at radius 1 is 0.912 bits per heavy atom. The van der Waals surface area contributed by atoms with Crippen molar-refractivity contribution in [2.75, 3.05) is 17.2 Å². The zero-order valence-corrected chi connectivity index (χ0v) is 19.1. The first-order chi connectivity index (χ1) is 16.5. The van der Waals surface area contributed by atoms with E-state index in [2.05, 4.69) is 15.6 Å². The highest BCUT2D eigenvalue weighted by atomic mass is 16.5. The van der Waals surface area contributed by atoms with Crippen LogP contribution in [0.1, 0.15) is 38.9 Å². The first-order valence-corrected chi connectivity index (χ1v) is 11.0. The highest BCUT2D eigenvalue weighted by molar-refractivity contribution is 6.04. The quantitative estimate of drug-likeness (QED) is 0.386. The number of benzene rings is 3. The number of imidazole rings is 1. The molecule has 0 radical (unpaired) electrons. The minimum Gasteiger partial charge on any atom is -0.494 e. The Hall–Kier alpha value is -4.39. The lowest BCUT2D eigenvalue weighted by Crippen LogP contribution is -2.12. The molecule has 7 nitrogen and oxygen atoms in total. The Morgan fingerprint density at radius 3 is 2.26 bits per heavy atom. The van der Waals surface area contributed by atoms with E-state index in [0.717, 1.165) is 22.6 Å². The van der Waals surface area contributed by atoms with E-state index in [0.29, 0.717) is 30.1 Å². The SMILES string of the molecule is CCOc1ccc(NC(=O)c2cn(Cc3ccc(NC(=O)c4cccc(C)c4)cc3)cn2)cc1. The van der Waals surface area contributed by atoms with E-state index in [9.17, 15) is 9.59 Å². The van der Waals surface area contributed by atoms with Crippen molar-refractivity contribution < 1.29 is 14.3 Å². The fraction of sp³-hybridized carbons (Fsp3) is 0.148. The second-order valence-electron chi connectivity index (χ2n) is 7.86. The fourth-order valence-electron chi connectivity index (χ4n) is 3.45. The molecule has 4 aromatic rings. The lowest BCUT2D eigenvalue weighted by Gasteiger charge is -2.08. The van der Waals surface area contributed by atoms with Crippen LogP contribution in [0.4, 0.5) is 11.4 Å². The highest BCUT2D eigenvalue weighted by Gasteiger charge is 2.11. The second kappa shape index (κ2) is 10.5. The van der Waals surface area contributed by atoms with E-state index in [1.165, 1.54) is 0 Å². The van der Waals surface area contributed by atoms with Crippen LogP contribution < -0.4 is 15.4 Å². The van der Waals surface area contributed by atoms with Crippen molar-refractivity contribution >= 4 is 23.2 Å². The van der Waals surface area contributed by atoms with Crippen molar-refractivity contribution in [2.45, 2.75) is 20.4 Å². The third kappa shape index (κ3) is 5.89. The summed E-state index contributed by atoms with van der Waals surface area (Å²) < 4.78 is 7.25. The van der Waals surface area contributed by atoms with E-state index < -0.39 is 0 Å². The minimum atomic E-state index is -0.280. The summed E-state index contributed by atoms with van der Waals surface area (Å²) >= 11 is 0. The molecule has 7 heteroatoms. The van der Waals surface area contributed by atoms with Gasteiger partial charge in [-0.25, -0.2) is 4.98 Å².